The van der Waals surface area contributed by atoms with Crippen molar-refractivity contribution >= 4 is 5.97 Å². The Kier molecular flexibility index (Phi) is 6.28. The molecule has 0 saturated carbocycles. The third-order valence-electron chi connectivity index (χ3n) is 3.29. The van der Waals surface area contributed by atoms with Crippen LogP contribution in [0.4, 0.5) is 0 Å². The third-order valence-corrected chi connectivity index (χ3v) is 3.29. The van der Waals surface area contributed by atoms with Crippen LogP contribution in [-0.2, 0) is 14.3 Å². The van der Waals surface area contributed by atoms with Crippen molar-refractivity contribution in [3.63, 3.8) is 0 Å². The molecule has 0 saturated heterocycles. The second-order valence-electron chi connectivity index (χ2n) is 9.05. The molecule has 0 radical (unpaired) electrons. The molecule has 0 aliphatic heterocycles. The first-order valence-corrected chi connectivity index (χ1v) is 7.42. The van der Waals surface area contributed by atoms with E-state index in [2.05, 4.69) is 41.5 Å². The number of rotatable bonds is 4. The van der Waals surface area contributed by atoms with Crippen molar-refractivity contribution in [1.29, 1.82) is 0 Å². The van der Waals surface area contributed by atoms with E-state index < -0.39 is 6.29 Å². The molecule has 120 valence electrons. The quantitative estimate of drug-likeness (QED) is 0.557. The highest BCUT2D eigenvalue weighted by Gasteiger charge is 2.38. The van der Waals surface area contributed by atoms with Gasteiger partial charge >= 0.3 is 5.97 Å². The molecule has 0 amide bonds. The number of hydrogen-bond acceptors (Lipinski definition) is 3. The molecule has 0 aromatic rings. The summed E-state index contributed by atoms with van der Waals surface area (Å²) in [5.41, 5.74) is -0.267. The van der Waals surface area contributed by atoms with E-state index in [-0.39, 0.29) is 28.1 Å². The SMILES string of the molecule is COC(OC(=O)C(CC(C)(C)C)C(C)(C)C)C(C)(C)C. The van der Waals surface area contributed by atoms with Gasteiger partial charge in [0.1, 0.15) is 0 Å². The minimum atomic E-state index is -0.514. The lowest BCUT2D eigenvalue weighted by Gasteiger charge is -2.36. The number of carbonyl (C=O) groups is 1. The van der Waals surface area contributed by atoms with Gasteiger partial charge in [0.15, 0.2) is 0 Å². The zero-order chi connectivity index (χ0) is 16.4. The van der Waals surface area contributed by atoms with Crippen molar-refractivity contribution < 1.29 is 14.3 Å². The van der Waals surface area contributed by atoms with Gasteiger partial charge in [-0.15, -0.1) is 0 Å². The van der Waals surface area contributed by atoms with Crippen LogP contribution in [0.1, 0.15) is 68.7 Å². The van der Waals surface area contributed by atoms with Gasteiger partial charge < -0.3 is 9.47 Å². The summed E-state index contributed by atoms with van der Waals surface area (Å²) >= 11 is 0. The standard InChI is InChI=1S/C17H34O3/c1-15(2,3)11-12(16(4,5)6)13(18)20-14(19-10)17(7,8)9/h12,14H,11H2,1-10H3. The molecule has 0 N–H and O–H groups in total. The summed E-state index contributed by atoms with van der Waals surface area (Å²) in [6.07, 6.45) is 0.287. The van der Waals surface area contributed by atoms with Gasteiger partial charge in [0.05, 0.1) is 5.92 Å². The number of methoxy groups -OCH3 is 1. The van der Waals surface area contributed by atoms with Gasteiger partial charge in [-0.25, -0.2) is 0 Å². The Hall–Kier alpha value is -0.570. The lowest BCUT2D eigenvalue weighted by molar-refractivity contribution is -0.203. The molecule has 0 bridgehead atoms. The summed E-state index contributed by atoms with van der Waals surface area (Å²) in [4.78, 5) is 12.6. The second kappa shape index (κ2) is 6.46. The monoisotopic (exact) mass is 286 g/mol. The molecule has 0 aliphatic rings. The first-order valence-electron chi connectivity index (χ1n) is 7.42. The summed E-state index contributed by atoms with van der Waals surface area (Å²) in [6, 6.07) is 0. The Morgan fingerprint density at radius 2 is 1.35 bits per heavy atom. The smallest absolute Gasteiger partial charge is 0.311 e. The Morgan fingerprint density at radius 3 is 1.60 bits per heavy atom. The fraction of sp³-hybridized carbons (Fsp3) is 0.941. The van der Waals surface area contributed by atoms with E-state index in [1.165, 1.54) is 0 Å². The topological polar surface area (TPSA) is 35.5 Å². The minimum absolute atomic E-state index is 0.0846. The summed E-state index contributed by atoms with van der Waals surface area (Å²) in [5.74, 6) is -0.295. The van der Waals surface area contributed by atoms with E-state index >= 15 is 0 Å². The van der Waals surface area contributed by atoms with Crippen LogP contribution in [0.3, 0.4) is 0 Å². The maximum Gasteiger partial charge on any atom is 0.311 e. The van der Waals surface area contributed by atoms with Gasteiger partial charge in [0, 0.05) is 12.5 Å². The molecule has 0 aromatic carbocycles. The van der Waals surface area contributed by atoms with E-state index in [1.807, 2.05) is 20.8 Å². The zero-order valence-electron chi connectivity index (χ0n) is 15.1. The fourth-order valence-corrected chi connectivity index (χ4v) is 2.12. The second-order valence-corrected chi connectivity index (χ2v) is 9.05. The van der Waals surface area contributed by atoms with E-state index in [0.717, 1.165) is 6.42 Å². The van der Waals surface area contributed by atoms with Gasteiger partial charge in [0.2, 0.25) is 6.29 Å². The van der Waals surface area contributed by atoms with Crippen molar-refractivity contribution in [2.75, 3.05) is 7.11 Å². The third kappa shape index (κ3) is 6.74. The largest absolute Gasteiger partial charge is 0.435 e. The molecule has 3 heteroatoms. The number of hydrogen-bond donors (Lipinski definition) is 0. The van der Waals surface area contributed by atoms with Crippen molar-refractivity contribution in [1.82, 2.24) is 0 Å². The molecule has 3 nitrogen and oxygen atoms in total. The van der Waals surface area contributed by atoms with Crippen LogP contribution in [0.5, 0.6) is 0 Å². The average molecular weight is 286 g/mol. The maximum absolute atomic E-state index is 12.6. The van der Waals surface area contributed by atoms with Crippen LogP contribution in [0.25, 0.3) is 0 Å². The van der Waals surface area contributed by atoms with Crippen molar-refractivity contribution in [2.24, 2.45) is 22.2 Å². The normalized spacial score (nSPS) is 16.7. The highest BCUT2D eigenvalue weighted by molar-refractivity contribution is 5.73. The number of carbonyl (C=O) groups excluding carboxylic acids is 1. The Bertz CT molecular complexity index is 313. The van der Waals surface area contributed by atoms with Crippen molar-refractivity contribution in [3.8, 4) is 0 Å². The first kappa shape index (κ1) is 19.4. The zero-order valence-corrected chi connectivity index (χ0v) is 15.1. The van der Waals surface area contributed by atoms with Crippen LogP contribution >= 0.6 is 0 Å². The summed E-state index contributed by atoms with van der Waals surface area (Å²) in [5, 5.41) is 0. The van der Waals surface area contributed by atoms with E-state index in [0.29, 0.717) is 0 Å². The van der Waals surface area contributed by atoms with E-state index in [9.17, 15) is 4.79 Å². The van der Waals surface area contributed by atoms with Gasteiger partial charge in [-0.1, -0.05) is 62.3 Å². The summed E-state index contributed by atoms with van der Waals surface area (Å²) in [6.45, 7) is 18.7. The number of ether oxygens (including phenoxy) is 2. The highest BCUT2D eigenvalue weighted by Crippen LogP contribution is 2.37. The Labute approximate surface area is 125 Å². The molecular weight excluding hydrogens is 252 g/mol. The molecule has 2 atom stereocenters. The molecule has 0 heterocycles. The van der Waals surface area contributed by atoms with Gasteiger partial charge in [-0.05, 0) is 17.3 Å². The Balaban J connectivity index is 5.07. The molecular formula is C17H34O3. The van der Waals surface area contributed by atoms with E-state index in [4.69, 9.17) is 9.47 Å². The van der Waals surface area contributed by atoms with Crippen LogP contribution < -0.4 is 0 Å². The average Bonchev–Trinajstić information content (AvgIpc) is 2.17. The molecule has 0 rings (SSSR count). The lowest BCUT2D eigenvalue weighted by atomic mass is 9.72. The number of esters is 1. The minimum Gasteiger partial charge on any atom is -0.435 e. The van der Waals surface area contributed by atoms with Gasteiger partial charge in [0.25, 0.3) is 0 Å². The summed E-state index contributed by atoms with van der Waals surface area (Å²) in [7, 11) is 1.58. The molecule has 0 spiro atoms. The van der Waals surface area contributed by atoms with Crippen LogP contribution in [0, 0.1) is 22.2 Å². The fourth-order valence-electron chi connectivity index (χ4n) is 2.12. The van der Waals surface area contributed by atoms with Gasteiger partial charge in [-0.2, -0.15) is 0 Å². The summed E-state index contributed by atoms with van der Waals surface area (Å²) < 4.78 is 11.0. The van der Waals surface area contributed by atoms with Crippen LogP contribution in [0.2, 0.25) is 0 Å². The first-order chi connectivity index (χ1) is 8.68. The van der Waals surface area contributed by atoms with E-state index in [1.54, 1.807) is 7.11 Å². The Morgan fingerprint density at radius 1 is 0.900 bits per heavy atom. The maximum atomic E-state index is 12.6. The molecule has 0 aliphatic carbocycles. The van der Waals surface area contributed by atoms with Crippen molar-refractivity contribution in [2.45, 2.75) is 75.0 Å². The highest BCUT2D eigenvalue weighted by atomic mass is 16.7. The van der Waals surface area contributed by atoms with Gasteiger partial charge in [-0.3, -0.25) is 4.79 Å². The molecule has 2 unspecified atom stereocenters. The van der Waals surface area contributed by atoms with Crippen LogP contribution in [-0.4, -0.2) is 19.4 Å². The molecule has 0 fully saturated rings. The van der Waals surface area contributed by atoms with Crippen molar-refractivity contribution in [3.05, 3.63) is 0 Å². The molecule has 0 aromatic heterocycles. The van der Waals surface area contributed by atoms with Crippen LogP contribution in [0.15, 0.2) is 0 Å². The lowest BCUT2D eigenvalue weighted by Crippen LogP contribution is -2.39. The molecule has 20 heavy (non-hydrogen) atoms. The predicted octanol–water partition coefficient (Wildman–Crippen LogP) is 4.65. The predicted molar refractivity (Wildman–Crippen MR) is 83.4 cm³/mol.